The lowest BCUT2D eigenvalue weighted by Gasteiger charge is -2.08. The van der Waals surface area contributed by atoms with Gasteiger partial charge in [0.2, 0.25) is 11.8 Å². The average Bonchev–Trinajstić information content (AvgIpc) is 2.97. The molecule has 0 aliphatic rings. The van der Waals surface area contributed by atoms with Gasteiger partial charge in [-0.25, -0.2) is 0 Å². The molecule has 0 bridgehead atoms. The third kappa shape index (κ3) is 5.83. The number of carbonyl (C=O) groups is 2. The van der Waals surface area contributed by atoms with Crippen LogP contribution in [-0.4, -0.2) is 21.6 Å². The number of aryl methyl sites for hydroxylation is 2. The topological polar surface area (TPSA) is 76.0 Å². The summed E-state index contributed by atoms with van der Waals surface area (Å²) in [6.07, 6.45) is 3.21. The molecule has 1 heterocycles. The van der Waals surface area contributed by atoms with Gasteiger partial charge in [0.15, 0.2) is 0 Å². The van der Waals surface area contributed by atoms with E-state index in [0.717, 1.165) is 22.5 Å². The van der Waals surface area contributed by atoms with Crippen molar-refractivity contribution in [1.82, 2.24) is 9.78 Å². The lowest BCUT2D eigenvalue weighted by atomic mass is 10.1. The van der Waals surface area contributed by atoms with Gasteiger partial charge in [0.25, 0.3) is 0 Å². The van der Waals surface area contributed by atoms with Crippen molar-refractivity contribution in [2.75, 3.05) is 10.6 Å². The molecule has 0 atom stereocenters. The van der Waals surface area contributed by atoms with E-state index >= 15 is 0 Å². The van der Waals surface area contributed by atoms with Crippen LogP contribution in [0, 0.1) is 20.8 Å². The summed E-state index contributed by atoms with van der Waals surface area (Å²) >= 11 is 6.17. The van der Waals surface area contributed by atoms with Crippen molar-refractivity contribution >= 4 is 40.9 Å². The number of carbonyl (C=O) groups excluding carboxylic acids is 2. The highest BCUT2D eigenvalue weighted by atomic mass is 35.5. The van der Waals surface area contributed by atoms with Gasteiger partial charge in [-0.2, -0.15) is 5.10 Å². The van der Waals surface area contributed by atoms with E-state index in [4.69, 9.17) is 11.6 Å². The first kappa shape index (κ1) is 22.3. The highest BCUT2D eigenvalue weighted by Crippen LogP contribution is 2.26. The van der Waals surface area contributed by atoms with Gasteiger partial charge in [-0.3, -0.25) is 14.3 Å². The van der Waals surface area contributed by atoms with Crippen molar-refractivity contribution in [2.24, 2.45) is 0 Å². The van der Waals surface area contributed by atoms with Crippen molar-refractivity contribution < 1.29 is 9.59 Å². The van der Waals surface area contributed by atoms with Crippen molar-refractivity contribution in [3.05, 3.63) is 81.6 Å². The number of anilines is 2. The van der Waals surface area contributed by atoms with Crippen LogP contribution >= 0.6 is 11.6 Å². The maximum Gasteiger partial charge on any atom is 0.248 e. The third-order valence-electron chi connectivity index (χ3n) is 4.84. The van der Waals surface area contributed by atoms with Gasteiger partial charge in [-0.1, -0.05) is 41.4 Å². The average molecular weight is 437 g/mol. The summed E-state index contributed by atoms with van der Waals surface area (Å²) in [7, 11) is 0. The predicted molar refractivity (Wildman–Crippen MR) is 125 cm³/mol. The van der Waals surface area contributed by atoms with E-state index in [1.54, 1.807) is 24.3 Å². The van der Waals surface area contributed by atoms with E-state index in [-0.39, 0.29) is 11.8 Å². The Morgan fingerprint density at radius 2 is 1.77 bits per heavy atom. The SMILES string of the molecule is CC(=O)Nc1ccc(Cl)c(NC(=O)/C=C/c2c(C)nn(Cc3ccc(C)cc3)c2C)c1. The lowest BCUT2D eigenvalue weighted by molar-refractivity contribution is -0.114. The molecule has 3 aromatic rings. The Hall–Kier alpha value is -3.38. The van der Waals surface area contributed by atoms with Crippen molar-refractivity contribution in [2.45, 2.75) is 34.2 Å². The number of amides is 2. The monoisotopic (exact) mass is 436 g/mol. The maximum atomic E-state index is 12.5. The molecule has 6 nitrogen and oxygen atoms in total. The zero-order valence-corrected chi connectivity index (χ0v) is 18.7. The summed E-state index contributed by atoms with van der Waals surface area (Å²) in [4.78, 5) is 23.7. The first-order valence-electron chi connectivity index (χ1n) is 9.88. The van der Waals surface area contributed by atoms with Gasteiger partial charge in [-0.15, -0.1) is 0 Å². The van der Waals surface area contributed by atoms with Crippen molar-refractivity contribution in [3.63, 3.8) is 0 Å². The molecule has 2 N–H and O–H groups in total. The second-order valence-corrected chi connectivity index (χ2v) is 7.83. The van der Waals surface area contributed by atoms with Crippen LogP contribution in [0.25, 0.3) is 6.08 Å². The Morgan fingerprint density at radius 1 is 1.06 bits per heavy atom. The number of nitrogens with one attached hydrogen (secondary N) is 2. The molecule has 160 valence electrons. The fraction of sp³-hybridized carbons (Fsp3) is 0.208. The van der Waals surface area contributed by atoms with Crippen molar-refractivity contribution in [1.29, 1.82) is 0 Å². The molecule has 0 saturated carbocycles. The van der Waals surface area contributed by atoms with Crippen LogP contribution in [0.4, 0.5) is 11.4 Å². The van der Waals surface area contributed by atoms with Crippen LogP contribution in [0.15, 0.2) is 48.5 Å². The van der Waals surface area contributed by atoms with Crippen LogP contribution in [0.2, 0.25) is 5.02 Å². The van der Waals surface area contributed by atoms with Gasteiger partial charge in [-0.05, 0) is 50.6 Å². The van der Waals surface area contributed by atoms with E-state index in [1.165, 1.54) is 18.6 Å². The van der Waals surface area contributed by atoms with E-state index in [9.17, 15) is 9.59 Å². The number of halogens is 1. The molecule has 1 aromatic heterocycles. The zero-order valence-electron chi connectivity index (χ0n) is 18.0. The maximum absolute atomic E-state index is 12.5. The van der Waals surface area contributed by atoms with Gasteiger partial charge in [0, 0.05) is 29.9 Å². The number of hydrogen-bond donors (Lipinski definition) is 2. The molecule has 2 amide bonds. The van der Waals surface area contributed by atoms with Gasteiger partial charge < -0.3 is 10.6 Å². The molecule has 7 heteroatoms. The minimum Gasteiger partial charge on any atom is -0.326 e. The molecular formula is C24H25ClN4O2. The highest BCUT2D eigenvalue weighted by molar-refractivity contribution is 6.34. The summed E-state index contributed by atoms with van der Waals surface area (Å²) in [6, 6.07) is 13.3. The molecule has 0 saturated heterocycles. The molecule has 0 fully saturated rings. The Balaban J connectivity index is 1.73. The normalized spacial score (nSPS) is 11.0. The number of hydrogen-bond acceptors (Lipinski definition) is 3. The fourth-order valence-electron chi connectivity index (χ4n) is 3.21. The van der Waals surface area contributed by atoms with E-state index in [2.05, 4.69) is 46.9 Å². The molecule has 31 heavy (non-hydrogen) atoms. The number of benzene rings is 2. The quantitative estimate of drug-likeness (QED) is 0.526. The third-order valence-corrected chi connectivity index (χ3v) is 5.17. The lowest BCUT2D eigenvalue weighted by Crippen LogP contribution is -2.10. The molecule has 0 aliphatic heterocycles. The van der Waals surface area contributed by atoms with E-state index in [1.807, 2.05) is 18.5 Å². The smallest absolute Gasteiger partial charge is 0.248 e. The fourth-order valence-corrected chi connectivity index (χ4v) is 3.37. The first-order valence-corrected chi connectivity index (χ1v) is 10.3. The Bertz CT molecular complexity index is 1150. The Kier molecular flexibility index (Phi) is 6.92. The molecule has 0 unspecified atom stereocenters. The number of aromatic nitrogens is 2. The second kappa shape index (κ2) is 9.62. The largest absolute Gasteiger partial charge is 0.326 e. The highest BCUT2D eigenvalue weighted by Gasteiger charge is 2.11. The minimum absolute atomic E-state index is 0.201. The molecular weight excluding hydrogens is 412 g/mol. The molecule has 0 aliphatic carbocycles. The molecule has 3 rings (SSSR count). The Morgan fingerprint density at radius 3 is 2.45 bits per heavy atom. The first-order chi connectivity index (χ1) is 14.7. The van der Waals surface area contributed by atoms with Gasteiger partial charge in [0.1, 0.15) is 0 Å². The molecule has 0 spiro atoms. The standard InChI is InChI=1S/C24H25ClN4O2/c1-15-5-7-19(8-6-15)14-29-17(3)21(16(2)28-29)10-12-24(31)27-23-13-20(26-18(4)30)9-11-22(23)25/h5-13H,14H2,1-4H3,(H,26,30)(H,27,31)/b12-10+. The zero-order chi connectivity index (χ0) is 22.5. The summed E-state index contributed by atoms with van der Waals surface area (Å²) in [5, 5.41) is 10.4. The van der Waals surface area contributed by atoms with Crippen LogP contribution in [-0.2, 0) is 16.1 Å². The minimum atomic E-state index is -0.327. The second-order valence-electron chi connectivity index (χ2n) is 7.43. The molecule has 0 radical (unpaired) electrons. The van der Waals surface area contributed by atoms with E-state index < -0.39 is 0 Å². The van der Waals surface area contributed by atoms with Gasteiger partial charge >= 0.3 is 0 Å². The summed E-state index contributed by atoms with van der Waals surface area (Å²) in [6.45, 7) is 8.05. The number of rotatable bonds is 6. The number of nitrogens with zero attached hydrogens (tertiary/aromatic N) is 2. The van der Waals surface area contributed by atoms with Crippen molar-refractivity contribution in [3.8, 4) is 0 Å². The summed E-state index contributed by atoms with van der Waals surface area (Å²) < 4.78 is 1.94. The summed E-state index contributed by atoms with van der Waals surface area (Å²) in [5.74, 6) is -0.528. The van der Waals surface area contributed by atoms with Gasteiger partial charge in [0.05, 0.1) is 22.9 Å². The van der Waals surface area contributed by atoms with Crippen LogP contribution in [0.5, 0.6) is 0 Å². The Labute approximate surface area is 186 Å². The summed E-state index contributed by atoms with van der Waals surface area (Å²) in [5.41, 5.74) is 6.09. The van der Waals surface area contributed by atoms with Crippen LogP contribution in [0.1, 0.15) is 35.0 Å². The predicted octanol–water partition coefficient (Wildman–Crippen LogP) is 5.12. The molecule has 2 aromatic carbocycles. The van der Waals surface area contributed by atoms with E-state index in [0.29, 0.717) is 22.9 Å². The van der Waals surface area contributed by atoms with Crippen LogP contribution in [0.3, 0.4) is 0 Å². The van der Waals surface area contributed by atoms with Crippen LogP contribution < -0.4 is 10.6 Å².